The maximum absolute atomic E-state index is 12.4. The van der Waals surface area contributed by atoms with Crippen LogP contribution in [0.15, 0.2) is 12.7 Å². The summed E-state index contributed by atoms with van der Waals surface area (Å²) in [6.45, 7) is 13.2. The fourth-order valence-corrected chi connectivity index (χ4v) is 5.65. The molecule has 106 valence electrons. The molecule has 0 spiro atoms. The Morgan fingerprint density at radius 3 is 2.58 bits per heavy atom. The minimum absolute atomic E-state index is 0.214. The van der Waals surface area contributed by atoms with Gasteiger partial charge in [0.05, 0.1) is 0 Å². The van der Waals surface area contributed by atoms with Crippen LogP contribution in [0.4, 0.5) is 0 Å². The zero-order valence-electron chi connectivity index (χ0n) is 12.9. The summed E-state index contributed by atoms with van der Waals surface area (Å²) in [7, 11) is 0. The highest BCUT2D eigenvalue weighted by atomic mass is 16.1. The first-order valence-corrected chi connectivity index (χ1v) is 8.01. The molecule has 0 aromatic carbocycles. The predicted molar refractivity (Wildman–Crippen MR) is 78.7 cm³/mol. The van der Waals surface area contributed by atoms with Gasteiger partial charge in [-0.3, -0.25) is 4.79 Å². The largest absolute Gasteiger partial charge is 0.298 e. The molecule has 3 saturated carbocycles. The maximum atomic E-state index is 12.4. The molecule has 19 heavy (non-hydrogen) atoms. The number of fused-ring (bicyclic) bond motifs is 2. The highest BCUT2D eigenvalue weighted by Crippen LogP contribution is 2.66. The summed E-state index contributed by atoms with van der Waals surface area (Å²) in [4.78, 5) is 12.4. The number of carbonyl (C=O) groups excluding carboxylic acids is 1. The predicted octanol–water partition coefficient (Wildman–Crippen LogP) is 4.48. The van der Waals surface area contributed by atoms with Gasteiger partial charge in [0, 0.05) is 11.3 Å². The molecule has 0 bridgehead atoms. The van der Waals surface area contributed by atoms with E-state index in [9.17, 15) is 4.79 Å². The lowest BCUT2D eigenvalue weighted by Gasteiger charge is -2.59. The van der Waals surface area contributed by atoms with Crippen molar-refractivity contribution >= 4 is 5.78 Å². The third-order valence-electron chi connectivity index (χ3n) is 7.06. The molecule has 6 atom stereocenters. The molecule has 0 heterocycles. The molecule has 0 aromatic heterocycles. The fourth-order valence-electron chi connectivity index (χ4n) is 5.65. The number of hydrogen-bond acceptors (Lipinski definition) is 1. The molecule has 3 fully saturated rings. The minimum atomic E-state index is -0.214. The smallest absolute Gasteiger partial charge is 0.146 e. The summed E-state index contributed by atoms with van der Waals surface area (Å²) in [6, 6.07) is 0. The van der Waals surface area contributed by atoms with Gasteiger partial charge in [-0.2, -0.15) is 0 Å². The maximum Gasteiger partial charge on any atom is 0.146 e. The van der Waals surface area contributed by atoms with Crippen molar-refractivity contribution in [2.45, 2.75) is 53.4 Å². The molecule has 0 radical (unpaired) electrons. The monoisotopic (exact) mass is 260 g/mol. The Bertz CT molecular complexity index is 423. The number of rotatable bonds is 2. The van der Waals surface area contributed by atoms with E-state index >= 15 is 0 Å². The number of carbonyl (C=O) groups is 1. The average molecular weight is 260 g/mol. The van der Waals surface area contributed by atoms with Crippen LogP contribution < -0.4 is 0 Å². The van der Waals surface area contributed by atoms with Gasteiger partial charge in [0.25, 0.3) is 0 Å². The summed E-state index contributed by atoms with van der Waals surface area (Å²) in [6.07, 6.45) is 7.07. The van der Waals surface area contributed by atoms with E-state index in [1.54, 1.807) is 0 Å². The molecule has 3 aliphatic rings. The molecule has 1 nitrogen and oxygen atoms in total. The van der Waals surface area contributed by atoms with Crippen LogP contribution in [-0.4, -0.2) is 5.78 Å². The average Bonchev–Trinajstić information content (AvgIpc) is 2.72. The Morgan fingerprint density at radius 1 is 1.32 bits per heavy atom. The molecule has 0 unspecified atom stereocenters. The minimum Gasteiger partial charge on any atom is -0.298 e. The van der Waals surface area contributed by atoms with Gasteiger partial charge in [-0.15, -0.1) is 6.58 Å². The molecule has 0 aliphatic heterocycles. The molecule has 0 aromatic rings. The van der Waals surface area contributed by atoms with Crippen molar-refractivity contribution in [2.24, 2.45) is 40.4 Å². The van der Waals surface area contributed by atoms with Crippen LogP contribution in [0.25, 0.3) is 0 Å². The second-order valence-electron chi connectivity index (χ2n) is 8.21. The normalized spacial score (nSPS) is 52.6. The van der Waals surface area contributed by atoms with Gasteiger partial charge < -0.3 is 0 Å². The van der Waals surface area contributed by atoms with Crippen LogP contribution >= 0.6 is 0 Å². The van der Waals surface area contributed by atoms with Gasteiger partial charge in [-0.05, 0) is 61.7 Å². The van der Waals surface area contributed by atoms with E-state index < -0.39 is 0 Å². The van der Waals surface area contributed by atoms with Crippen molar-refractivity contribution in [2.75, 3.05) is 0 Å². The highest BCUT2D eigenvalue weighted by Gasteiger charge is 2.64. The lowest BCUT2D eigenvalue weighted by Crippen LogP contribution is -2.60. The van der Waals surface area contributed by atoms with Gasteiger partial charge in [0.15, 0.2) is 0 Å². The van der Waals surface area contributed by atoms with E-state index in [1.807, 2.05) is 6.08 Å². The lowest BCUT2D eigenvalue weighted by molar-refractivity contribution is -0.162. The molecule has 3 rings (SSSR count). The fraction of sp³-hybridized carbons (Fsp3) is 0.833. The first-order chi connectivity index (χ1) is 8.83. The van der Waals surface area contributed by atoms with Crippen molar-refractivity contribution < 1.29 is 4.79 Å². The van der Waals surface area contributed by atoms with Gasteiger partial charge in [-0.1, -0.05) is 26.8 Å². The van der Waals surface area contributed by atoms with E-state index in [4.69, 9.17) is 0 Å². The van der Waals surface area contributed by atoms with E-state index in [2.05, 4.69) is 34.3 Å². The number of hydrogen-bond donors (Lipinski definition) is 0. The molecule has 0 amide bonds. The van der Waals surface area contributed by atoms with Crippen molar-refractivity contribution in [3.63, 3.8) is 0 Å². The van der Waals surface area contributed by atoms with Crippen molar-refractivity contribution in [1.82, 2.24) is 0 Å². The quantitative estimate of drug-likeness (QED) is 0.669. The topological polar surface area (TPSA) is 17.1 Å². The SMILES string of the molecule is C=C[C@@]1(C)C(=O)[C@@H]2C[C@H]3[C@H](C(C)C)CC[C@]3(C)C[C@@H]21. The molecular weight excluding hydrogens is 232 g/mol. The second-order valence-corrected chi connectivity index (χ2v) is 8.21. The van der Waals surface area contributed by atoms with E-state index in [0.29, 0.717) is 23.0 Å². The summed E-state index contributed by atoms with van der Waals surface area (Å²) in [5, 5.41) is 0. The third kappa shape index (κ3) is 1.56. The highest BCUT2D eigenvalue weighted by molar-refractivity contribution is 5.95. The van der Waals surface area contributed by atoms with E-state index in [0.717, 1.165) is 24.2 Å². The second kappa shape index (κ2) is 3.96. The molecule has 0 saturated heterocycles. The van der Waals surface area contributed by atoms with Crippen LogP contribution in [0.3, 0.4) is 0 Å². The molecule has 0 N–H and O–H groups in total. The number of ketones is 1. The van der Waals surface area contributed by atoms with Crippen LogP contribution in [-0.2, 0) is 4.79 Å². The van der Waals surface area contributed by atoms with Crippen molar-refractivity contribution in [3.8, 4) is 0 Å². The summed E-state index contributed by atoms with van der Waals surface area (Å²) >= 11 is 0. The Balaban J connectivity index is 1.87. The molecule has 1 heteroatoms. The Morgan fingerprint density at radius 2 is 2.00 bits per heavy atom. The first kappa shape index (κ1) is 13.4. The van der Waals surface area contributed by atoms with Gasteiger partial charge in [0.2, 0.25) is 0 Å². The standard InChI is InChI=1S/C18H28O/c1-6-18(5)15-10-17(4)8-7-12(11(2)3)14(17)9-13(15)16(18)19/h6,11-15H,1,7-10H2,2-5H3/t12-,13+,14-,15-,17+,18+/m0/s1. The zero-order valence-corrected chi connectivity index (χ0v) is 12.9. The van der Waals surface area contributed by atoms with Crippen LogP contribution in [0.1, 0.15) is 53.4 Å². The van der Waals surface area contributed by atoms with Crippen LogP contribution in [0.2, 0.25) is 0 Å². The van der Waals surface area contributed by atoms with Crippen molar-refractivity contribution in [3.05, 3.63) is 12.7 Å². The van der Waals surface area contributed by atoms with Gasteiger partial charge in [0.1, 0.15) is 5.78 Å². The van der Waals surface area contributed by atoms with Crippen LogP contribution in [0, 0.1) is 40.4 Å². The van der Waals surface area contributed by atoms with E-state index in [-0.39, 0.29) is 5.41 Å². The van der Waals surface area contributed by atoms with Gasteiger partial charge in [-0.25, -0.2) is 0 Å². The summed E-state index contributed by atoms with van der Waals surface area (Å²) < 4.78 is 0. The van der Waals surface area contributed by atoms with Gasteiger partial charge >= 0.3 is 0 Å². The summed E-state index contributed by atoms with van der Waals surface area (Å²) in [5.41, 5.74) is 0.273. The Kier molecular flexibility index (Phi) is 2.79. The zero-order chi connectivity index (χ0) is 14.0. The number of allylic oxidation sites excluding steroid dienone is 1. The molecular formula is C18H28O. The Labute approximate surface area is 117 Å². The third-order valence-corrected chi connectivity index (χ3v) is 7.06. The van der Waals surface area contributed by atoms with Crippen molar-refractivity contribution in [1.29, 1.82) is 0 Å². The Hall–Kier alpha value is -0.590. The van der Waals surface area contributed by atoms with E-state index in [1.165, 1.54) is 19.3 Å². The molecule has 3 aliphatic carbocycles. The first-order valence-electron chi connectivity index (χ1n) is 8.01. The summed E-state index contributed by atoms with van der Waals surface area (Å²) in [5.74, 6) is 3.79. The number of Topliss-reactive ketones (excluding diaryl/α,β-unsaturated/α-hetero) is 1. The van der Waals surface area contributed by atoms with Crippen LogP contribution in [0.5, 0.6) is 0 Å². The lowest BCUT2D eigenvalue weighted by atomic mass is 9.43.